The standard InChI is InChI=1S/C18H22N6O/c1-12-16(11-23(2)22-12)21-18(25)24-9-7-13(8-10-24)17-19-14-5-3-4-6-15(14)20-17/h3-6,11,13H,7-10H2,1-2H3,(H,19,20)(H,21,25). The van der Waals surface area contributed by atoms with Crippen molar-refractivity contribution < 1.29 is 4.79 Å². The fourth-order valence-electron chi connectivity index (χ4n) is 3.44. The molecule has 7 nitrogen and oxygen atoms in total. The number of hydrogen-bond acceptors (Lipinski definition) is 3. The summed E-state index contributed by atoms with van der Waals surface area (Å²) >= 11 is 0. The minimum absolute atomic E-state index is 0.0563. The summed E-state index contributed by atoms with van der Waals surface area (Å²) in [6.07, 6.45) is 3.66. The van der Waals surface area contributed by atoms with Crippen LogP contribution in [0.25, 0.3) is 11.0 Å². The second kappa shape index (κ2) is 6.23. The molecule has 0 unspecified atom stereocenters. The number of aromatic nitrogens is 4. The van der Waals surface area contributed by atoms with Gasteiger partial charge in [0.15, 0.2) is 0 Å². The molecular weight excluding hydrogens is 316 g/mol. The van der Waals surface area contributed by atoms with Crippen LogP contribution in [-0.2, 0) is 7.05 Å². The van der Waals surface area contributed by atoms with Crippen molar-refractivity contribution >= 4 is 22.8 Å². The molecule has 1 saturated heterocycles. The number of urea groups is 1. The maximum Gasteiger partial charge on any atom is 0.321 e. The van der Waals surface area contributed by atoms with Gasteiger partial charge in [-0.1, -0.05) is 12.1 Å². The zero-order chi connectivity index (χ0) is 17.4. The van der Waals surface area contributed by atoms with Crippen LogP contribution in [0.1, 0.15) is 30.3 Å². The van der Waals surface area contributed by atoms with Crippen LogP contribution >= 0.6 is 0 Å². The number of amides is 2. The number of likely N-dealkylation sites (tertiary alicyclic amines) is 1. The van der Waals surface area contributed by atoms with E-state index in [1.807, 2.05) is 49.3 Å². The van der Waals surface area contributed by atoms with E-state index in [1.54, 1.807) is 4.68 Å². The third-order valence-electron chi connectivity index (χ3n) is 4.83. The third-order valence-corrected chi connectivity index (χ3v) is 4.83. The van der Waals surface area contributed by atoms with Gasteiger partial charge in [-0.3, -0.25) is 4.68 Å². The summed E-state index contributed by atoms with van der Waals surface area (Å²) in [7, 11) is 1.85. The van der Waals surface area contributed by atoms with Crippen LogP contribution in [0.5, 0.6) is 0 Å². The van der Waals surface area contributed by atoms with Crippen LogP contribution in [0.2, 0.25) is 0 Å². The van der Waals surface area contributed by atoms with Gasteiger partial charge in [0.05, 0.1) is 22.4 Å². The van der Waals surface area contributed by atoms with Gasteiger partial charge in [-0.05, 0) is 31.9 Å². The number of H-pyrrole nitrogens is 1. The molecule has 0 saturated carbocycles. The van der Waals surface area contributed by atoms with Crippen LogP contribution < -0.4 is 5.32 Å². The van der Waals surface area contributed by atoms with Crippen LogP contribution in [-0.4, -0.2) is 43.8 Å². The number of para-hydroxylation sites is 2. The molecular formula is C18H22N6O. The molecule has 130 valence electrons. The summed E-state index contributed by atoms with van der Waals surface area (Å²) in [5.74, 6) is 1.40. The molecule has 3 aromatic rings. The van der Waals surface area contributed by atoms with Gasteiger partial charge in [0.2, 0.25) is 0 Å². The first-order valence-electron chi connectivity index (χ1n) is 8.61. The van der Waals surface area contributed by atoms with Gasteiger partial charge in [0, 0.05) is 32.3 Å². The summed E-state index contributed by atoms with van der Waals surface area (Å²) in [5, 5.41) is 7.21. The van der Waals surface area contributed by atoms with E-state index in [1.165, 1.54) is 0 Å². The quantitative estimate of drug-likeness (QED) is 0.754. The van der Waals surface area contributed by atoms with Gasteiger partial charge in [-0.25, -0.2) is 9.78 Å². The Balaban J connectivity index is 1.39. The van der Waals surface area contributed by atoms with Gasteiger partial charge in [-0.15, -0.1) is 0 Å². The second-order valence-corrected chi connectivity index (χ2v) is 6.63. The molecule has 1 aliphatic rings. The lowest BCUT2D eigenvalue weighted by atomic mass is 9.96. The van der Waals surface area contributed by atoms with Crippen LogP contribution in [0.15, 0.2) is 30.5 Å². The average Bonchev–Trinajstić information content (AvgIpc) is 3.18. The maximum atomic E-state index is 12.5. The lowest BCUT2D eigenvalue weighted by molar-refractivity contribution is 0.193. The largest absolute Gasteiger partial charge is 0.342 e. The Kier molecular flexibility index (Phi) is 3.91. The van der Waals surface area contributed by atoms with Crippen molar-refractivity contribution in [2.24, 2.45) is 7.05 Å². The first-order valence-corrected chi connectivity index (χ1v) is 8.61. The molecule has 0 aliphatic carbocycles. The predicted octanol–water partition coefficient (Wildman–Crippen LogP) is 3.02. The number of nitrogens with zero attached hydrogens (tertiary/aromatic N) is 4. The van der Waals surface area contributed by atoms with Crippen molar-refractivity contribution in [1.29, 1.82) is 0 Å². The molecule has 0 bridgehead atoms. The first-order chi connectivity index (χ1) is 12.1. The number of aryl methyl sites for hydroxylation is 2. The lowest BCUT2D eigenvalue weighted by Crippen LogP contribution is -2.40. The van der Waals surface area contributed by atoms with Crippen molar-refractivity contribution in [3.05, 3.63) is 42.0 Å². The summed E-state index contributed by atoms with van der Waals surface area (Å²) in [5.41, 5.74) is 3.68. The van der Waals surface area contributed by atoms with Crippen molar-refractivity contribution in [3.63, 3.8) is 0 Å². The highest BCUT2D eigenvalue weighted by Gasteiger charge is 2.26. The zero-order valence-electron chi connectivity index (χ0n) is 14.5. The number of hydrogen-bond donors (Lipinski definition) is 2. The zero-order valence-corrected chi connectivity index (χ0v) is 14.5. The number of imidazole rings is 1. The molecule has 1 fully saturated rings. The fourth-order valence-corrected chi connectivity index (χ4v) is 3.44. The topological polar surface area (TPSA) is 78.8 Å². The predicted molar refractivity (Wildman–Crippen MR) is 96.6 cm³/mol. The van der Waals surface area contributed by atoms with Gasteiger partial charge < -0.3 is 15.2 Å². The SMILES string of the molecule is Cc1nn(C)cc1NC(=O)N1CCC(c2nc3ccccc3[nH]2)CC1. The minimum atomic E-state index is -0.0563. The molecule has 3 heterocycles. The van der Waals surface area contributed by atoms with E-state index in [2.05, 4.69) is 15.4 Å². The van der Waals surface area contributed by atoms with E-state index in [4.69, 9.17) is 4.98 Å². The highest BCUT2D eigenvalue weighted by atomic mass is 16.2. The Labute approximate surface area is 146 Å². The van der Waals surface area contributed by atoms with E-state index in [0.29, 0.717) is 5.92 Å². The normalized spacial score (nSPS) is 15.7. The molecule has 0 spiro atoms. The Morgan fingerprint density at radius 2 is 2.04 bits per heavy atom. The summed E-state index contributed by atoms with van der Waals surface area (Å²) < 4.78 is 1.71. The van der Waals surface area contributed by atoms with Crippen LogP contribution in [0.4, 0.5) is 10.5 Å². The fraction of sp³-hybridized carbons (Fsp3) is 0.389. The molecule has 4 rings (SSSR count). The minimum Gasteiger partial charge on any atom is -0.342 e. The summed E-state index contributed by atoms with van der Waals surface area (Å²) in [6.45, 7) is 3.35. The number of benzene rings is 1. The number of nitrogens with one attached hydrogen (secondary N) is 2. The number of piperidine rings is 1. The molecule has 1 aliphatic heterocycles. The molecule has 1 aromatic carbocycles. The maximum absolute atomic E-state index is 12.5. The van der Waals surface area contributed by atoms with Crippen LogP contribution in [0.3, 0.4) is 0 Å². The Hall–Kier alpha value is -2.83. The monoisotopic (exact) mass is 338 g/mol. The molecule has 2 N–H and O–H groups in total. The third kappa shape index (κ3) is 3.09. The van der Waals surface area contributed by atoms with E-state index in [9.17, 15) is 4.79 Å². The molecule has 2 aromatic heterocycles. The van der Waals surface area contributed by atoms with Gasteiger partial charge >= 0.3 is 6.03 Å². The smallest absolute Gasteiger partial charge is 0.321 e. The summed E-state index contributed by atoms with van der Waals surface area (Å²) in [6, 6.07) is 8.02. The number of carbonyl (C=O) groups excluding carboxylic acids is 1. The van der Waals surface area contributed by atoms with Gasteiger partial charge in [0.25, 0.3) is 0 Å². The number of aromatic amines is 1. The Morgan fingerprint density at radius 3 is 2.72 bits per heavy atom. The first kappa shape index (κ1) is 15.7. The number of fused-ring (bicyclic) bond motifs is 1. The van der Waals surface area contributed by atoms with Crippen molar-refractivity contribution in [1.82, 2.24) is 24.6 Å². The van der Waals surface area contributed by atoms with E-state index in [0.717, 1.165) is 54.2 Å². The highest BCUT2D eigenvalue weighted by Crippen LogP contribution is 2.28. The van der Waals surface area contributed by atoms with Crippen molar-refractivity contribution in [2.75, 3.05) is 18.4 Å². The second-order valence-electron chi connectivity index (χ2n) is 6.63. The molecule has 7 heteroatoms. The average molecular weight is 338 g/mol. The number of carbonyl (C=O) groups is 1. The molecule has 0 radical (unpaired) electrons. The lowest BCUT2D eigenvalue weighted by Gasteiger charge is -2.31. The molecule has 25 heavy (non-hydrogen) atoms. The Morgan fingerprint density at radius 1 is 1.28 bits per heavy atom. The molecule has 0 atom stereocenters. The number of anilines is 1. The van der Waals surface area contributed by atoms with Crippen LogP contribution in [0, 0.1) is 6.92 Å². The van der Waals surface area contributed by atoms with Crippen molar-refractivity contribution in [3.8, 4) is 0 Å². The van der Waals surface area contributed by atoms with E-state index >= 15 is 0 Å². The van der Waals surface area contributed by atoms with E-state index < -0.39 is 0 Å². The Bertz CT molecular complexity index is 870. The highest BCUT2D eigenvalue weighted by molar-refractivity contribution is 5.89. The van der Waals surface area contributed by atoms with E-state index in [-0.39, 0.29) is 6.03 Å². The summed E-state index contributed by atoms with van der Waals surface area (Å²) in [4.78, 5) is 22.5. The van der Waals surface area contributed by atoms with Crippen molar-refractivity contribution in [2.45, 2.75) is 25.7 Å². The van der Waals surface area contributed by atoms with Gasteiger partial charge in [0.1, 0.15) is 5.82 Å². The number of rotatable bonds is 2. The molecule has 2 amide bonds. The van der Waals surface area contributed by atoms with Gasteiger partial charge in [-0.2, -0.15) is 5.10 Å².